The van der Waals surface area contributed by atoms with Crippen LogP contribution in [-0.4, -0.2) is 47.8 Å². The van der Waals surface area contributed by atoms with Crippen molar-refractivity contribution in [3.63, 3.8) is 0 Å². The van der Waals surface area contributed by atoms with Crippen molar-refractivity contribution >= 4 is 23.4 Å². The number of carbonyl (C=O) groups excluding carboxylic acids is 1. The molecule has 3 rings (SSSR count). The van der Waals surface area contributed by atoms with E-state index in [-0.39, 0.29) is 11.7 Å². The van der Waals surface area contributed by atoms with E-state index in [1.165, 1.54) is 11.8 Å². The van der Waals surface area contributed by atoms with Gasteiger partial charge in [0, 0.05) is 17.8 Å². The van der Waals surface area contributed by atoms with Crippen LogP contribution in [0.5, 0.6) is 17.2 Å². The topological polar surface area (TPSA) is 87.5 Å². The second-order valence-electron chi connectivity index (χ2n) is 5.59. The zero-order chi connectivity index (χ0) is 19.9. The van der Waals surface area contributed by atoms with Gasteiger partial charge in [-0.3, -0.25) is 9.36 Å². The van der Waals surface area contributed by atoms with Gasteiger partial charge in [-0.15, -0.1) is 10.2 Å². The largest absolute Gasteiger partial charge is 0.497 e. The van der Waals surface area contributed by atoms with Crippen LogP contribution < -0.4 is 19.5 Å². The summed E-state index contributed by atoms with van der Waals surface area (Å²) in [6, 6.07) is 12.7. The van der Waals surface area contributed by atoms with Gasteiger partial charge in [0.1, 0.15) is 12.1 Å². The summed E-state index contributed by atoms with van der Waals surface area (Å²) in [5, 5.41) is 11.5. The van der Waals surface area contributed by atoms with Gasteiger partial charge in [0.05, 0.1) is 32.8 Å². The first-order valence-electron chi connectivity index (χ1n) is 8.33. The minimum Gasteiger partial charge on any atom is -0.497 e. The van der Waals surface area contributed by atoms with Gasteiger partial charge in [0.25, 0.3) is 0 Å². The predicted molar refractivity (Wildman–Crippen MR) is 107 cm³/mol. The molecule has 0 aliphatic carbocycles. The van der Waals surface area contributed by atoms with Crippen LogP contribution in [0.4, 0.5) is 5.69 Å². The quantitative estimate of drug-likeness (QED) is 0.582. The molecule has 0 radical (unpaired) electrons. The molecule has 8 nitrogen and oxygen atoms in total. The van der Waals surface area contributed by atoms with Crippen LogP contribution in [0.1, 0.15) is 0 Å². The predicted octanol–water partition coefficient (Wildman–Crippen LogP) is 3.02. The minimum atomic E-state index is -0.169. The first kappa shape index (κ1) is 19.6. The molecule has 0 saturated heterocycles. The van der Waals surface area contributed by atoms with Crippen molar-refractivity contribution in [1.82, 2.24) is 14.8 Å². The summed E-state index contributed by atoms with van der Waals surface area (Å²) in [5.41, 5.74) is 1.48. The molecule has 146 valence electrons. The number of hydrogen-bond acceptors (Lipinski definition) is 7. The lowest BCUT2D eigenvalue weighted by Gasteiger charge is -2.11. The lowest BCUT2D eigenvalue weighted by molar-refractivity contribution is -0.113. The zero-order valence-corrected chi connectivity index (χ0v) is 16.5. The molecule has 0 aliphatic rings. The first-order valence-corrected chi connectivity index (χ1v) is 9.32. The second kappa shape index (κ2) is 9.14. The minimum absolute atomic E-state index is 0.169. The van der Waals surface area contributed by atoms with E-state index < -0.39 is 0 Å². The van der Waals surface area contributed by atoms with Crippen LogP contribution in [0.25, 0.3) is 5.69 Å². The van der Waals surface area contributed by atoms with Gasteiger partial charge in [-0.05, 0) is 24.3 Å². The number of nitrogens with one attached hydrogen (secondary N) is 1. The van der Waals surface area contributed by atoms with Crippen molar-refractivity contribution < 1.29 is 19.0 Å². The van der Waals surface area contributed by atoms with Gasteiger partial charge < -0.3 is 19.5 Å². The van der Waals surface area contributed by atoms with Crippen LogP contribution >= 0.6 is 11.8 Å². The molecule has 1 amide bonds. The number of benzene rings is 2. The van der Waals surface area contributed by atoms with E-state index >= 15 is 0 Å². The normalized spacial score (nSPS) is 10.4. The van der Waals surface area contributed by atoms with Crippen LogP contribution in [0, 0.1) is 0 Å². The molecule has 9 heteroatoms. The molecule has 0 fully saturated rings. The fraction of sp³-hybridized carbons (Fsp3) is 0.211. The maximum absolute atomic E-state index is 12.3. The van der Waals surface area contributed by atoms with Gasteiger partial charge in [-0.2, -0.15) is 0 Å². The molecule has 3 aromatic rings. The third kappa shape index (κ3) is 4.55. The lowest BCUT2D eigenvalue weighted by atomic mass is 10.2. The van der Waals surface area contributed by atoms with Gasteiger partial charge in [-0.25, -0.2) is 0 Å². The number of rotatable bonds is 8. The molecule has 1 heterocycles. The Hall–Kier alpha value is -3.20. The average molecular weight is 400 g/mol. The third-order valence-electron chi connectivity index (χ3n) is 3.85. The summed E-state index contributed by atoms with van der Waals surface area (Å²) >= 11 is 1.29. The summed E-state index contributed by atoms with van der Waals surface area (Å²) in [5.74, 6) is 1.88. The molecule has 0 saturated carbocycles. The molecule has 0 atom stereocenters. The van der Waals surface area contributed by atoms with E-state index in [2.05, 4.69) is 15.5 Å². The van der Waals surface area contributed by atoms with E-state index in [1.54, 1.807) is 50.4 Å². The Kier molecular flexibility index (Phi) is 6.38. The molecular formula is C19H20N4O4S. The van der Waals surface area contributed by atoms with Crippen molar-refractivity contribution in [2.45, 2.75) is 5.16 Å². The molecule has 0 aliphatic heterocycles. The highest BCUT2D eigenvalue weighted by atomic mass is 32.2. The number of anilines is 1. The zero-order valence-electron chi connectivity index (χ0n) is 15.7. The fourth-order valence-corrected chi connectivity index (χ4v) is 3.23. The van der Waals surface area contributed by atoms with Gasteiger partial charge in [0.2, 0.25) is 5.91 Å². The van der Waals surface area contributed by atoms with Crippen molar-refractivity contribution in [3.8, 4) is 22.9 Å². The van der Waals surface area contributed by atoms with E-state index in [0.717, 1.165) is 11.4 Å². The van der Waals surface area contributed by atoms with Gasteiger partial charge in [0.15, 0.2) is 16.7 Å². The Morgan fingerprint density at radius 1 is 1.07 bits per heavy atom. The smallest absolute Gasteiger partial charge is 0.234 e. The Bertz CT molecular complexity index is 961. The maximum Gasteiger partial charge on any atom is 0.234 e. The SMILES string of the molecule is COc1cccc(-n2cnnc2SCC(=O)Nc2ccc(OC)c(OC)c2)c1. The summed E-state index contributed by atoms with van der Waals surface area (Å²) in [6.45, 7) is 0. The van der Waals surface area contributed by atoms with E-state index in [4.69, 9.17) is 14.2 Å². The van der Waals surface area contributed by atoms with Gasteiger partial charge >= 0.3 is 0 Å². The van der Waals surface area contributed by atoms with Crippen LogP contribution in [0.2, 0.25) is 0 Å². The van der Waals surface area contributed by atoms with E-state index in [9.17, 15) is 4.79 Å². The molecule has 1 aromatic heterocycles. The number of amides is 1. The molecule has 1 N–H and O–H groups in total. The Balaban J connectivity index is 1.65. The molecule has 0 bridgehead atoms. The summed E-state index contributed by atoms with van der Waals surface area (Å²) in [7, 11) is 4.72. The molecule has 0 unspecified atom stereocenters. The van der Waals surface area contributed by atoms with Crippen LogP contribution in [-0.2, 0) is 4.79 Å². The average Bonchev–Trinajstić information content (AvgIpc) is 3.21. The van der Waals surface area contributed by atoms with E-state index in [0.29, 0.717) is 22.3 Å². The van der Waals surface area contributed by atoms with Crippen molar-refractivity contribution in [1.29, 1.82) is 0 Å². The maximum atomic E-state index is 12.3. The number of nitrogens with zero attached hydrogens (tertiary/aromatic N) is 3. The highest BCUT2D eigenvalue weighted by Crippen LogP contribution is 2.30. The summed E-state index contributed by atoms with van der Waals surface area (Å²) in [4.78, 5) is 12.3. The summed E-state index contributed by atoms with van der Waals surface area (Å²) < 4.78 is 17.5. The van der Waals surface area contributed by atoms with E-state index in [1.807, 2.05) is 24.3 Å². The van der Waals surface area contributed by atoms with Gasteiger partial charge in [-0.1, -0.05) is 17.8 Å². The number of hydrogen-bond donors (Lipinski definition) is 1. The molecule has 0 spiro atoms. The first-order chi connectivity index (χ1) is 13.6. The van der Waals surface area contributed by atoms with Crippen LogP contribution in [0.15, 0.2) is 53.9 Å². The number of ether oxygens (including phenoxy) is 3. The highest BCUT2D eigenvalue weighted by Gasteiger charge is 2.12. The Morgan fingerprint density at radius 2 is 1.89 bits per heavy atom. The van der Waals surface area contributed by atoms with Crippen molar-refractivity contribution in [3.05, 3.63) is 48.8 Å². The third-order valence-corrected chi connectivity index (χ3v) is 4.79. The Morgan fingerprint density at radius 3 is 2.64 bits per heavy atom. The summed E-state index contributed by atoms with van der Waals surface area (Å²) in [6.07, 6.45) is 1.60. The van der Waals surface area contributed by atoms with Crippen molar-refractivity contribution in [2.24, 2.45) is 0 Å². The monoisotopic (exact) mass is 400 g/mol. The highest BCUT2D eigenvalue weighted by molar-refractivity contribution is 7.99. The standard InChI is InChI=1S/C19H20N4O4S/c1-25-15-6-4-5-14(10-15)23-12-20-22-19(23)28-11-18(24)21-13-7-8-16(26-2)17(9-13)27-3/h4-10,12H,11H2,1-3H3,(H,21,24). The Labute approximate surface area is 166 Å². The lowest BCUT2D eigenvalue weighted by Crippen LogP contribution is -2.14. The number of methoxy groups -OCH3 is 3. The number of thioether (sulfide) groups is 1. The number of carbonyl (C=O) groups is 1. The number of aromatic nitrogens is 3. The van der Waals surface area contributed by atoms with Crippen molar-refractivity contribution in [2.75, 3.05) is 32.4 Å². The fourth-order valence-electron chi connectivity index (χ4n) is 2.50. The molecular weight excluding hydrogens is 380 g/mol. The molecule has 2 aromatic carbocycles. The van der Waals surface area contributed by atoms with Crippen LogP contribution in [0.3, 0.4) is 0 Å². The molecule has 28 heavy (non-hydrogen) atoms. The second-order valence-corrected chi connectivity index (χ2v) is 6.53.